The third kappa shape index (κ3) is 1.57. The van der Waals surface area contributed by atoms with Crippen molar-refractivity contribution in [1.82, 2.24) is 4.98 Å². The lowest BCUT2D eigenvalue weighted by Crippen LogP contribution is -2.01. The number of carbonyl (C=O) groups is 1. The van der Waals surface area contributed by atoms with Gasteiger partial charge in [0.05, 0.1) is 0 Å². The molecular formula is C15H11NO2. The van der Waals surface area contributed by atoms with Crippen LogP contribution in [0.2, 0.25) is 0 Å². The number of fused-ring (bicyclic) bond motifs is 1. The van der Waals surface area contributed by atoms with E-state index in [0.717, 1.165) is 5.52 Å². The van der Waals surface area contributed by atoms with E-state index in [0.29, 0.717) is 10.9 Å². The van der Waals surface area contributed by atoms with Crippen molar-refractivity contribution in [3.63, 3.8) is 0 Å². The molecule has 0 saturated carbocycles. The maximum Gasteiger partial charge on any atom is 0.213 e. The van der Waals surface area contributed by atoms with Gasteiger partial charge in [-0.05, 0) is 12.1 Å². The molecular weight excluding hydrogens is 226 g/mol. The number of aromatic nitrogens is 1. The average Bonchev–Trinajstić information content (AvgIpc) is 2.77. The Morgan fingerprint density at radius 2 is 1.61 bits per heavy atom. The van der Waals surface area contributed by atoms with Crippen LogP contribution in [0.4, 0.5) is 0 Å². The lowest BCUT2D eigenvalue weighted by Gasteiger charge is -1.98. The summed E-state index contributed by atoms with van der Waals surface area (Å²) < 4.78 is 0. The summed E-state index contributed by atoms with van der Waals surface area (Å²) in [4.78, 5) is 15.2. The third-order valence-corrected chi connectivity index (χ3v) is 2.94. The Bertz CT molecular complexity index is 714. The molecule has 0 spiro atoms. The number of nitrogens with one attached hydrogen (secondary N) is 1. The highest BCUT2D eigenvalue weighted by atomic mass is 16.3. The van der Waals surface area contributed by atoms with Crippen LogP contribution in [0, 0.1) is 0 Å². The van der Waals surface area contributed by atoms with Crippen LogP contribution in [-0.2, 0) is 0 Å². The molecule has 2 N–H and O–H groups in total. The van der Waals surface area contributed by atoms with Gasteiger partial charge < -0.3 is 10.1 Å². The summed E-state index contributed by atoms with van der Waals surface area (Å²) >= 11 is 0. The lowest BCUT2D eigenvalue weighted by molar-refractivity contribution is 0.103. The predicted molar refractivity (Wildman–Crippen MR) is 69.8 cm³/mol. The Hall–Kier alpha value is -2.55. The first-order valence-electron chi connectivity index (χ1n) is 5.67. The average molecular weight is 237 g/mol. The summed E-state index contributed by atoms with van der Waals surface area (Å²) in [7, 11) is 0. The third-order valence-electron chi connectivity index (χ3n) is 2.94. The maximum atomic E-state index is 12.2. The van der Waals surface area contributed by atoms with E-state index in [9.17, 15) is 9.90 Å². The molecule has 18 heavy (non-hydrogen) atoms. The Labute approximate surface area is 104 Å². The molecule has 0 amide bonds. The first-order chi connectivity index (χ1) is 8.77. The first kappa shape index (κ1) is 10.6. The molecule has 0 radical (unpaired) electrons. The van der Waals surface area contributed by atoms with E-state index in [-0.39, 0.29) is 17.2 Å². The fraction of sp³-hybridized carbons (Fsp3) is 0. The largest absolute Gasteiger partial charge is 0.505 e. The summed E-state index contributed by atoms with van der Waals surface area (Å²) in [5.41, 5.74) is 1.55. The molecule has 2 aromatic carbocycles. The highest BCUT2D eigenvalue weighted by molar-refractivity contribution is 6.13. The fourth-order valence-electron chi connectivity index (χ4n) is 2.03. The van der Waals surface area contributed by atoms with Crippen molar-refractivity contribution < 1.29 is 9.90 Å². The van der Waals surface area contributed by atoms with E-state index in [1.54, 1.807) is 30.3 Å². The molecule has 0 aliphatic carbocycles. The van der Waals surface area contributed by atoms with E-state index in [1.807, 2.05) is 24.3 Å². The van der Waals surface area contributed by atoms with Crippen LogP contribution in [0.3, 0.4) is 0 Å². The number of hydrogen-bond acceptors (Lipinski definition) is 2. The number of carbonyl (C=O) groups excluding carboxylic acids is 1. The molecule has 0 saturated heterocycles. The van der Waals surface area contributed by atoms with Crippen molar-refractivity contribution in [2.45, 2.75) is 0 Å². The molecule has 0 atom stereocenters. The van der Waals surface area contributed by atoms with Gasteiger partial charge in [-0.3, -0.25) is 4.79 Å². The quantitative estimate of drug-likeness (QED) is 0.673. The van der Waals surface area contributed by atoms with Crippen LogP contribution >= 0.6 is 0 Å². The molecule has 0 unspecified atom stereocenters. The van der Waals surface area contributed by atoms with Crippen LogP contribution in [0.5, 0.6) is 5.75 Å². The second kappa shape index (κ2) is 4.04. The summed E-state index contributed by atoms with van der Waals surface area (Å²) in [6.45, 7) is 0. The van der Waals surface area contributed by atoms with Gasteiger partial charge in [0.15, 0.2) is 5.75 Å². The second-order valence-electron chi connectivity index (χ2n) is 4.09. The van der Waals surface area contributed by atoms with Crippen LogP contribution < -0.4 is 0 Å². The zero-order valence-corrected chi connectivity index (χ0v) is 9.55. The van der Waals surface area contributed by atoms with Gasteiger partial charge in [-0.25, -0.2) is 0 Å². The monoisotopic (exact) mass is 237 g/mol. The van der Waals surface area contributed by atoms with Crippen LogP contribution in [0.25, 0.3) is 10.9 Å². The van der Waals surface area contributed by atoms with Gasteiger partial charge in [0, 0.05) is 16.5 Å². The van der Waals surface area contributed by atoms with Gasteiger partial charge in [0.2, 0.25) is 5.78 Å². The predicted octanol–water partition coefficient (Wildman–Crippen LogP) is 3.10. The summed E-state index contributed by atoms with van der Waals surface area (Å²) in [6.07, 6.45) is 0. The van der Waals surface area contributed by atoms with E-state index < -0.39 is 0 Å². The SMILES string of the molecule is O=C(c1ccccc1)c1[nH]c2ccccc2c1O. The van der Waals surface area contributed by atoms with Crippen LogP contribution in [0.1, 0.15) is 16.1 Å². The van der Waals surface area contributed by atoms with Gasteiger partial charge in [0.1, 0.15) is 5.69 Å². The number of H-pyrrole nitrogens is 1. The topological polar surface area (TPSA) is 53.1 Å². The smallest absolute Gasteiger partial charge is 0.213 e. The fourth-order valence-corrected chi connectivity index (χ4v) is 2.03. The number of rotatable bonds is 2. The van der Waals surface area contributed by atoms with Gasteiger partial charge in [-0.15, -0.1) is 0 Å². The molecule has 88 valence electrons. The van der Waals surface area contributed by atoms with Gasteiger partial charge in [-0.1, -0.05) is 42.5 Å². The Balaban J connectivity index is 2.15. The molecule has 3 heteroatoms. The molecule has 3 aromatic rings. The molecule has 1 heterocycles. The number of para-hydroxylation sites is 1. The molecule has 0 aliphatic heterocycles. The van der Waals surface area contributed by atoms with Gasteiger partial charge in [-0.2, -0.15) is 0 Å². The number of aromatic hydroxyl groups is 1. The Morgan fingerprint density at radius 1 is 0.944 bits per heavy atom. The van der Waals surface area contributed by atoms with Crippen LogP contribution in [-0.4, -0.2) is 15.9 Å². The van der Waals surface area contributed by atoms with Gasteiger partial charge in [0.25, 0.3) is 0 Å². The highest BCUT2D eigenvalue weighted by Gasteiger charge is 2.17. The van der Waals surface area contributed by atoms with E-state index in [4.69, 9.17) is 0 Å². The first-order valence-corrected chi connectivity index (χ1v) is 5.67. The minimum atomic E-state index is -0.204. The molecule has 0 aliphatic rings. The summed E-state index contributed by atoms with van der Waals surface area (Å²) in [6, 6.07) is 16.2. The van der Waals surface area contributed by atoms with Crippen molar-refractivity contribution in [1.29, 1.82) is 0 Å². The standard InChI is InChI=1S/C15H11NO2/c17-14(10-6-2-1-3-7-10)13-15(18)11-8-4-5-9-12(11)16-13/h1-9,16,18H. The van der Waals surface area contributed by atoms with Crippen molar-refractivity contribution in [3.8, 4) is 5.75 Å². The second-order valence-corrected chi connectivity index (χ2v) is 4.09. The highest BCUT2D eigenvalue weighted by Crippen LogP contribution is 2.29. The van der Waals surface area contributed by atoms with Crippen molar-refractivity contribution in [2.24, 2.45) is 0 Å². The summed E-state index contributed by atoms with van der Waals surface area (Å²) in [5, 5.41) is 10.7. The maximum absolute atomic E-state index is 12.2. The van der Waals surface area contributed by atoms with Crippen LogP contribution in [0.15, 0.2) is 54.6 Å². The number of ketones is 1. The molecule has 1 aromatic heterocycles. The van der Waals surface area contributed by atoms with Gasteiger partial charge >= 0.3 is 0 Å². The lowest BCUT2D eigenvalue weighted by atomic mass is 10.1. The molecule has 0 bridgehead atoms. The molecule has 3 nitrogen and oxygen atoms in total. The molecule has 3 rings (SSSR count). The van der Waals surface area contributed by atoms with Crippen molar-refractivity contribution in [2.75, 3.05) is 0 Å². The van der Waals surface area contributed by atoms with Crippen molar-refractivity contribution in [3.05, 3.63) is 65.9 Å². The number of hydrogen-bond donors (Lipinski definition) is 2. The Morgan fingerprint density at radius 3 is 2.33 bits per heavy atom. The minimum absolute atomic E-state index is 0.0134. The van der Waals surface area contributed by atoms with Crippen molar-refractivity contribution >= 4 is 16.7 Å². The zero-order chi connectivity index (χ0) is 12.5. The zero-order valence-electron chi connectivity index (χ0n) is 9.55. The number of aromatic amines is 1. The van der Waals surface area contributed by atoms with E-state index in [2.05, 4.69) is 4.98 Å². The minimum Gasteiger partial charge on any atom is -0.505 e. The molecule has 0 fully saturated rings. The normalized spacial score (nSPS) is 10.7. The Kier molecular flexibility index (Phi) is 2.38. The summed E-state index contributed by atoms with van der Waals surface area (Å²) in [5.74, 6) is -0.191. The number of benzene rings is 2. The van der Waals surface area contributed by atoms with E-state index >= 15 is 0 Å². The van der Waals surface area contributed by atoms with E-state index in [1.165, 1.54) is 0 Å².